The summed E-state index contributed by atoms with van der Waals surface area (Å²) in [6, 6.07) is 0.0112. The molecule has 0 rings (SSSR count). The number of hydrogen-bond acceptors (Lipinski definition) is 2. The van der Waals surface area contributed by atoms with E-state index in [9.17, 15) is 4.57 Å². The lowest BCUT2D eigenvalue weighted by atomic mass is 10.1. The maximum Gasteiger partial charge on any atom is 0.376 e. The molecule has 0 saturated carbocycles. The lowest BCUT2D eigenvalue weighted by molar-refractivity contribution is 0.447. The van der Waals surface area contributed by atoms with E-state index < -0.39 is 6.87 Å². The molecule has 6 heteroatoms. The fourth-order valence-electron chi connectivity index (χ4n) is 0.412. The van der Waals surface area contributed by atoms with Crippen molar-refractivity contribution in [2.75, 3.05) is 0 Å². The van der Waals surface area contributed by atoms with Gasteiger partial charge in [0.25, 0.3) is 0 Å². The van der Waals surface area contributed by atoms with Crippen molar-refractivity contribution >= 4 is 30.0 Å². The highest BCUT2D eigenvalue weighted by Gasteiger charge is 2.22. The molecule has 1 unspecified atom stereocenters. The molecule has 0 radical (unpaired) electrons. The molecule has 0 aromatic carbocycles. The molecule has 1 N–H and O–H groups in total. The highest BCUT2D eigenvalue weighted by Crippen LogP contribution is 2.49. The smallest absolute Gasteiger partial charge is 0.255 e. The van der Waals surface area contributed by atoms with Gasteiger partial charge >= 0.3 is 6.87 Å². The first-order valence-electron chi connectivity index (χ1n) is 3.27. The maximum absolute atomic E-state index is 11.0. The van der Waals surface area contributed by atoms with Crippen LogP contribution in [0.5, 0.6) is 0 Å². The molecule has 0 saturated heterocycles. The second-order valence-electron chi connectivity index (χ2n) is 2.71. The van der Waals surface area contributed by atoms with Crippen molar-refractivity contribution in [1.82, 2.24) is 5.09 Å². The van der Waals surface area contributed by atoms with Gasteiger partial charge in [0, 0.05) is 6.04 Å². The SMILES string of the molecule is CC(C)[C@H](C)NP(=O)(Cl)OCl. The molecule has 68 valence electrons. The topological polar surface area (TPSA) is 38.3 Å². The van der Waals surface area contributed by atoms with E-state index in [1.54, 1.807) is 0 Å². The van der Waals surface area contributed by atoms with Crippen LogP contribution in [0.3, 0.4) is 0 Å². The molecule has 0 bridgehead atoms. The standard InChI is InChI=1S/C5H12Cl2NO2P/c1-4(2)5(3)8-11(7,9)10-6/h4-5H,1-3H3,(H,8,9)/t5-,11?/m0/s1. The number of nitrogens with one attached hydrogen (secondary N) is 1. The molecule has 2 atom stereocenters. The quantitative estimate of drug-likeness (QED) is 0.739. The maximum atomic E-state index is 11.0. The fourth-order valence-corrected chi connectivity index (χ4v) is 1.82. The minimum absolute atomic E-state index is 0.0112. The molecule has 3 nitrogen and oxygen atoms in total. The zero-order valence-electron chi connectivity index (χ0n) is 6.67. The normalized spacial score (nSPS) is 19.8. The van der Waals surface area contributed by atoms with E-state index in [2.05, 4.69) is 9.16 Å². The Kier molecular flexibility index (Phi) is 4.99. The molecular weight excluding hydrogens is 208 g/mol. The molecule has 0 amide bonds. The van der Waals surface area contributed by atoms with Gasteiger partial charge in [-0.25, -0.2) is 5.09 Å². The van der Waals surface area contributed by atoms with E-state index in [4.69, 9.17) is 23.1 Å². The zero-order valence-corrected chi connectivity index (χ0v) is 9.08. The van der Waals surface area contributed by atoms with Crippen LogP contribution in [0.15, 0.2) is 0 Å². The first kappa shape index (κ1) is 11.7. The summed E-state index contributed by atoms with van der Waals surface area (Å²) >= 11 is 10.2. The Bertz CT molecular complexity index is 165. The van der Waals surface area contributed by atoms with Crippen LogP contribution in [0, 0.1) is 5.92 Å². The van der Waals surface area contributed by atoms with Gasteiger partial charge in [-0.3, -0.25) is 4.57 Å². The van der Waals surface area contributed by atoms with Crippen molar-refractivity contribution in [1.29, 1.82) is 0 Å². The van der Waals surface area contributed by atoms with Crippen LogP contribution in [0.1, 0.15) is 20.8 Å². The molecule has 0 aromatic rings. The third kappa shape index (κ3) is 5.05. The van der Waals surface area contributed by atoms with Gasteiger partial charge in [-0.05, 0) is 24.1 Å². The Hall–Kier alpha value is 0.730. The van der Waals surface area contributed by atoms with Crippen molar-refractivity contribution in [2.24, 2.45) is 5.92 Å². The zero-order chi connectivity index (χ0) is 9.07. The molecule has 11 heavy (non-hydrogen) atoms. The Morgan fingerprint density at radius 3 is 2.18 bits per heavy atom. The van der Waals surface area contributed by atoms with Crippen molar-refractivity contribution in [3.05, 3.63) is 0 Å². The van der Waals surface area contributed by atoms with Crippen LogP contribution in [-0.2, 0) is 8.64 Å². The summed E-state index contributed by atoms with van der Waals surface area (Å²) < 4.78 is 15.0. The van der Waals surface area contributed by atoms with Gasteiger partial charge in [0.05, 0.1) is 11.9 Å². The van der Waals surface area contributed by atoms with E-state index in [1.807, 2.05) is 20.8 Å². The van der Waals surface area contributed by atoms with Crippen molar-refractivity contribution < 1.29 is 8.64 Å². The highest BCUT2D eigenvalue weighted by atomic mass is 35.7. The molecule has 0 aromatic heterocycles. The summed E-state index contributed by atoms with van der Waals surface area (Å²) in [6.07, 6.45) is 0. The van der Waals surface area contributed by atoms with E-state index in [1.165, 1.54) is 0 Å². The van der Waals surface area contributed by atoms with Crippen LogP contribution in [-0.4, -0.2) is 6.04 Å². The fraction of sp³-hybridized carbons (Fsp3) is 1.00. The van der Waals surface area contributed by atoms with Crippen LogP contribution in [0.25, 0.3) is 0 Å². The molecule has 0 aliphatic rings. The van der Waals surface area contributed by atoms with Gasteiger partial charge in [-0.2, -0.15) is 4.08 Å². The molecule has 0 spiro atoms. The minimum atomic E-state index is -3.30. The third-order valence-electron chi connectivity index (χ3n) is 1.45. The Morgan fingerprint density at radius 2 is 1.91 bits per heavy atom. The summed E-state index contributed by atoms with van der Waals surface area (Å²) in [5, 5.41) is 2.57. The van der Waals surface area contributed by atoms with Gasteiger partial charge < -0.3 is 0 Å². The lowest BCUT2D eigenvalue weighted by Crippen LogP contribution is -2.26. The second-order valence-corrected chi connectivity index (χ2v) is 5.82. The Balaban J connectivity index is 3.94. The highest BCUT2D eigenvalue weighted by molar-refractivity contribution is 7.84. The third-order valence-corrected chi connectivity index (χ3v) is 3.63. The first-order chi connectivity index (χ1) is 4.89. The summed E-state index contributed by atoms with van der Waals surface area (Å²) in [5.41, 5.74) is 0. The van der Waals surface area contributed by atoms with E-state index in [0.717, 1.165) is 0 Å². The van der Waals surface area contributed by atoms with Gasteiger partial charge in [-0.1, -0.05) is 13.8 Å². The van der Waals surface area contributed by atoms with Crippen molar-refractivity contribution in [2.45, 2.75) is 26.8 Å². The van der Waals surface area contributed by atoms with Crippen LogP contribution >= 0.6 is 30.0 Å². The molecule has 0 aliphatic heterocycles. The summed E-state index contributed by atoms with van der Waals surface area (Å²) in [6.45, 7) is 2.51. The number of rotatable bonds is 4. The Morgan fingerprint density at radius 1 is 1.45 bits per heavy atom. The van der Waals surface area contributed by atoms with Gasteiger partial charge in [0.15, 0.2) is 0 Å². The largest absolute Gasteiger partial charge is 0.376 e. The molecule has 0 fully saturated rings. The second kappa shape index (κ2) is 4.68. The van der Waals surface area contributed by atoms with Crippen LogP contribution in [0.4, 0.5) is 0 Å². The molecule has 0 aliphatic carbocycles. The van der Waals surface area contributed by atoms with E-state index in [-0.39, 0.29) is 6.04 Å². The predicted molar refractivity (Wildman–Crippen MR) is 47.8 cm³/mol. The molecule has 0 heterocycles. The lowest BCUT2D eigenvalue weighted by Gasteiger charge is -2.18. The van der Waals surface area contributed by atoms with Crippen molar-refractivity contribution in [3.8, 4) is 0 Å². The van der Waals surface area contributed by atoms with E-state index >= 15 is 0 Å². The number of halogens is 2. The minimum Gasteiger partial charge on any atom is -0.255 e. The summed E-state index contributed by atoms with van der Waals surface area (Å²) in [5.74, 6) is 0.328. The summed E-state index contributed by atoms with van der Waals surface area (Å²) in [7, 11) is 0. The van der Waals surface area contributed by atoms with Crippen LogP contribution in [0.2, 0.25) is 0 Å². The van der Waals surface area contributed by atoms with Crippen LogP contribution < -0.4 is 5.09 Å². The monoisotopic (exact) mass is 219 g/mol. The number of hydrogen-bond donors (Lipinski definition) is 1. The first-order valence-corrected chi connectivity index (χ1v) is 6.10. The van der Waals surface area contributed by atoms with Gasteiger partial charge in [-0.15, -0.1) is 0 Å². The van der Waals surface area contributed by atoms with E-state index in [0.29, 0.717) is 5.92 Å². The van der Waals surface area contributed by atoms with Crippen molar-refractivity contribution in [3.63, 3.8) is 0 Å². The predicted octanol–water partition coefficient (Wildman–Crippen LogP) is 3.14. The average molecular weight is 220 g/mol. The molecular formula is C5H12Cl2NO2P. The van der Waals surface area contributed by atoms with Gasteiger partial charge in [0.2, 0.25) is 0 Å². The van der Waals surface area contributed by atoms with Gasteiger partial charge in [0.1, 0.15) is 0 Å². The summed E-state index contributed by atoms with van der Waals surface area (Å²) in [4.78, 5) is 0. The average Bonchev–Trinajstić information content (AvgIpc) is 1.87. The Labute approximate surface area is 76.9 Å².